The fourth-order valence-corrected chi connectivity index (χ4v) is 2.55. The molecule has 2 aromatic rings. The third kappa shape index (κ3) is 1.41. The van der Waals surface area contributed by atoms with Crippen LogP contribution in [0.3, 0.4) is 0 Å². The van der Waals surface area contributed by atoms with E-state index in [0.717, 1.165) is 17.6 Å². The Bertz CT molecular complexity index is 603. The van der Waals surface area contributed by atoms with Gasteiger partial charge in [-0.05, 0) is 6.92 Å². The van der Waals surface area contributed by atoms with E-state index in [1.165, 1.54) is 7.11 Å². The van der Waals surface area contributed by atoms with Crippen LogP contribution < -0.4 is 10.2 Å². The lowest BCUT2D eigenvalue weighted by molar-refractivity contribution is 0.389. The van der Waals surface area contributed by atoms with Crippen LogP contribution in [0.5, 0.6) is 5.75 Å². The highest BCUT2D eigenvalue weighted by molar-refractivity contribution is 7.13. The normalized spacial score (nSPS) is 11.0. The highest BCUT2D eigenvalue weighted by Gasteiger charge is 2.18. The summed E-state index contributed by atoms with van der Waals surface area (Å²) >= 11 is 1.10. The Morgan fingerprint density at radius 3 is 2.69 bits per heavy atom. The number of halogens is 2. The molecule has 0 aliphatic carbocycles. The zero-order valence-electron chi connectivity index (χ0n) is 8.80. The summed E-state index contributed by atoms with van der Waals surface area (Å²) in [6, 6.07) is 0.789. The minimum absolute atomic E-state index is 0.0650. The maximum atomic E-state index is 13.5. The quantitative estimate of drug-likeness (QED) is 0.866. The Hall–Kier alpha value is -1.43. The molecule has 0 fully saturated rings. The van der Waals surface area contributed by atoms with Crippen molar-refractivity contribution in [1.29, 1.82) is 5.41 Å². The summed E-state index contributed by atoms with van der Waals surface area (Å²) in [5.74, 6) is -1.49. The van der Waals surface area contributed by atoms with Gasteiger partial charge in [-0.15, -0.1) is 0 Å². The van der Waals surface area contributed by atoms with Gasteiger partial charge in [-0.1, -0.05) is 11.5 Å². The molecule has 0 aliphatic rings. The van der Waals surface area contributed by atoms with Gasteiger partial charge in [0.1, 0.15) is 11.3 Å². The van der Waals surface area contributed by atoms with E-state index in [-0.39, 0.29) is 21.3 Å². The first-order valence-electron chi connectivity index (χ1n) is 4.70. The van der Waals surface area contributed by atoms with Gasteiger partial charge in [0.25, 0.3) is 0 Å². The summed E-state index contributed by atoms with van der Waals surface area (Å²) in [5, 5.41) is 8.02. The third-order valence-corrected chi connectivity index (χ3v) is 3.56. The summed E-state index contributed by atoms with van der Waals surface area (Å²) in [6.07, 6.45) is 0. The largest absolute Gasteiger partial charge is 0.493 e. The third-order valence-electron chi connectivity index (χ3n) is 2.32. The first-order chi connectivity index (χ1) is 7.60. The highest BCUT2D eigenvalue weighted by Crippen LogP contribution is 2.31. The van der Waals surface area contributed by atoms with Gasteiger partial charge in [-0.3, -0.25) is 9.37 Å². The van der Waals surface area contributed by atoms with Crippen molar-refractivity contribution in [2.75, 3.05) is 7.11 Å². The average Bonchev–Trinajstić information content (AvgIpc) is 2.58. The van der Waals surface area contributed by atoms with Crippen LogP contribution in [0, 0.1) is 17.0 Å². The van der Waals surface area contributed by atoms with Crippen molar-refractivity contribution >= 4 is 21.6 Å². The second-order valence-electron chi connectivity index (χ2n) is 3.21. The molecular formula is C10H10F2N2OS. The SMILES string of the molecule is CCn1sc2c(F)cc(F)c(OC)c2c1=N. The van der Waals surface area contributed by atoms with Gasteiger partial charge in [-0.2, -0.15) is 0 Å². The zero-order chi connectivity index (χ0) is 11.9. The number of nitrogens with zero attached hydrogens (tertiary/aromatic N) is 1. The number of methoxy groups -OCH3 is 1. The number of rotatable bonds is 2. The summed E-state index contributed by atoms with van der Waals surface area (Å²) in [5.41, 5.74) is 0.0813. The maximum Gasteiger partial charge on any atom is 0.168 e. The van der Waals surface area contributed by atoms with Crippen molar-refractivity contribution in [2.45, 2.75) is 13.5 Å². The molecule has 3 nitrogen and oxygen atoms in total. The van der Waals surface area contributed by atoms with Crippen molar-refractivity contribution in [3.8, 4) is 5.75 Å². The van der Waals surface area contributed by atoms with Crippen LogP contribution >= 0.6 is 11.5 Å². The van der Waals surface area contributed by atoms with Gasteiger partial charge < -0.3 is 4.74 Å². The maximum absolute atomic E-state index is 13.5. The molecule has 0 saturated carbocycles. The molecular weight excluding hydrogens is 234 g/mol. The number of fused-ring (bicyclic) bond motifs is 1. The van der Waals surface area contributed by atoms with Crippen molar-refractivity contribution in [3.05, 3.63) is 23.2 Å². The number of aryl methyl sites for hydroxylation is 1. The molecule has 1 heterocycles. The lowest BCUT2D eigenvalue weighted by Gasteiger charge is -2.02. The molecule has 0 unspecified atom stereocenters. The Labute approximate surface area is 94.5 Å². The Kier molecular flexibility index (Phi) is 2.67. The van der Waals surface area contributed by atoms with E-state index in [1.807, 2.05) is 6.92 Å². The second-order valence-corrected chi connectivity index (χ2v) is 4.24. The Balaban J connectivity index is 2.98. The second kappa shape index (κ2) is 3.86. The predicted molar refractivity (Wildman–Crippen MR) is 57.8 cm³/mol. The van der Waals surface area contributed by atoms with Crippen LogP contribution in [-0.2, 0) is 6.54 Å². The molecule has 0 radical (unpaired) electrons. The number of aromatic nitrogens is 1. The summed E-state index contributed by atoms with van der Waals surface area (Å²) in [6.45, 7) is 2.39. The Morgan fingerprint density at radius 2 is 2.12 bits per heavy atom. The molecule has 16 heavy (non-hydrogen) atoms. The van der Waals surface area contributed by atoms with E-state index in [2.05, 4.69) is 0 Å². The summed E-state index contributed by atoms with van der Waals surface area (Å²) in [4.78, 5) is 0. The summed E-state index contributed by atoms with van der Waals surface area (Å²) in [7, 11) is 1.31. The minimum atomic E-state index is -0.776. The van der Waals surface area contributed by atoms with Gasteiger partial charge in [-0.25, -0.2) is 8.78 Å². The van der Waals surface area contributed by atoms with E-state index < -0.39 is 11.6 Å². The number of hydrogen-bond donors (Lipinski definition) is 1. The van der Waals surface area contributed by atoms with E-state index in [9.17, 15) is 8.78 Å². The van der Waals surface area contributed by atoms with E-state index in [1.54, 1.807) is 3.96 Å². The van der Waals surface area contributed by atoms with Gasteiger partial charge in [0.15, 0.2) is 11.6 Å². The number of ether oxygens (including phenoxy) is 1. The number of benzene rings is 1. The van der Waals surface area contributed by atoms with E-state index >= 15 is 0 Å². The fourth-order valence-electron chi connectivity index (χ4n) is 1.59. The molecule has 1 N–H and O–H groups in total. The van der Waals surface area contributed by atoms with Crippen LogP contribution in [0.4, 0.5) is 8.78 Å². The van der Waals surface area contributed by atoms with E-state index in [4.69, 9.17) is 10.1 Å². The van der Waals surface area contributed by atoms with Gasteiger partial charge in [0, 0.05) is 12.6 Å². The van der Waals surface area contributed by atoms with Crippen molar-refractivity contribution < 1.29 is 13.5 Å². The molecule has 1 aromatic carbocycles. The molecule has 1 aromatic heterocycles. The first-order valence-corrected chi connectivity index (χ1v) is 5.47. The van der Waals surface area contributed by atoms with E-state index in [0.29, 0.717) is 6.54 Å². The number of nitrogens with one attached hydrogen (secondary N) is 1. The molecule has 0 saturated heterocycles. The zero-order valence-corrected chi connectivity index (χ0v) is 9.62. The van der Waals surface area contributed by atoms with Crippen molar-refractivity contribution in [2.24, 2.45) is 0 Å². The van der Waals surface area contributed by atoms with Crippen LogP contribution in [0.2, 0.25) is 0 Å². The van der Waals surface area contributed by atoms with Crippen LogP contribution in [-0.4, -0.2) is 11.1 Å². The van der Waals surface area contributed by atoms with Gasteiger partial charge in [0.2, 0.25) is 0 Å². The molecule has 2 rings (SSSR count). The molecule has 0 atom stereocenters. The molecule has 0 spiro atoms. The molecule has 0 bridgehead atoms. The fraction of sp³-hybridized carbons (Fsp3) is 0.300. The number of hydrogen-bond acceptors (Lipinski definition) is 3. The molecule has 86 valence electrons. The van der Waals surface area contributed by atoms with Crippen LogP contribution in [0.25, 0.3) is 10.1 Å². The summed E-state index contributed by atoms with van der Waals surface area (Å²) < 4.78 is 33.6. The van der Waals surface area contributed by atoms with Gasteiger partial charge in [0.05, 0.1) is 17.2 Å². The predicted octanol–water partition coefficient (Wildman–Crippen LogP) is 2.49. The lowest BCUT2D eigenvalue weighted by Crippen LogP contribution is -2.12. The van der Waals surface area contributed by atoms with Crippen LogP contribution in [0.1, 0.15) is 6.92 Å². The van der Waals surface area contributed by atoms with Crippen molar-refractivity contribution in [3.63, 3.8) is 0 Å². The minimum Gasteiger partial charge on any atom is -0.493 e. The topological polar surface area (TPSA) is 38.0 Å². The smallest absolute Gasteiger partial charge is 0.168 e. The Morgan fingerprint density at radius 1 is 1.44 bits per heavy atom. The highest BCUT2D eigenvalue weighted by atomic mass is 32.1. The monoisotopic (exact) mass is 244 g/mol. The molecule has 6 heteroatoms. The lowest BCUT2D eigenvalue weighted by atomic mass is 10.2. The standard InChI is InChI=1S/C10H10F2N2OS/c1-3-14-10(13)7-8(15-2)5(11)4-6(12)9(7)16-14/h4,13H,3H2,1-2H3. The van der Waals surface area contributed by atoms with Crippen molar-refractivity contribution in [1.82, 2.24) is 3.96 Å². The molecule has 0 amide bonds. The molecule has 0 aliphatic heterocycles. The van der Waals surface area contributed by atoms with Crippen LogP contribution in [0.15, 0.2) is 6.07 Å². The van der Waals surface area contributed by atoms with Gasteiger partial charge >= 0.3 is 0 Å². The average molecular weight is 244 g/mol. The first kappa shape index (κ1) is 11.1.